The van der Waals surface area contributed by atoms with Gasteiger partial charge in [0.05, 0.1) is 20.6 Å². The quantitative estimate of drug-likeness (QED) is 0.488. The van der Waals surface area contributed by atoms with Crippen LogP contribution in [0.5, 0.6) is 0 Å². The Morgan fingerprint density at radius 3 is 2.50 bits per heavy atom. The van der Waals surface area contributed by atoms with Crippen molar-refractivity contribution in [2.75, 3.05) is 6.61 Å². The molecule has 4 atom stereocenters. The molecule has 2 aliphatic rings. The minimum absolute atomic E-state index is 0.104. The standard InChI is InChI=1S/C7H11BO2/c8-5-1-6(10)7(3-9)2-4(5)7/h4-6,9-10H,1-3H2/t4-,5+,6+,7?/m1/s1. The van der Waals surface area contributed by atoms with E-state index >= 15 is 0 Å². The normalized spacial score (nSPS) is 58.4. The van der Waals surface area contributed by atoms with Gasteiger partial charge < -0.3 is 10.2 Å². The topological polar surface area (TPSA) is 40.5 Å². The molecule has 0 saturated heterocycles. The first-order chi connectivity index (χ1) is 4.70. The van der Waals surface area contributed by atoms with Crippen molar-refractivity contribution in [3.05, 3.63) is 0 Å². The first-order valence-electron chi connectivity index (χ1n) is 3.75. The second-order valence-corrected chi connectivity index (χ2v) is 3.62. The van der Waals surface area contributed by atoms with E-state index in [4.69, 9.17) is 13.0 Å². The van der Waals surface area contributed by atoms with Gasteiger partial charge in [0, 0.05) is 5.41 Å². The number of hydrogen-bond acceptors (Lipinski definition) is 2. The van der Waals surface area contributed by atoms with Crippen LogP contribution in [0.15, 0.2) is 0 Å². The summed E-state index contributed by atoms with van der Waals surface area (Å²) in [6.07, 6.45) is 1.24. The maximum atomic E-state index is 9.42. The average Bonchev–Trinajstić information content (AvgIpc) is 2.57. The Hall–Kier alpha value is -0.0151. The van der Waals surface area contributed by atoms with Crippen molar-refractivity contribution in [2.45, 2.75) is 24.8 Å². The zero-order valence-corrected chi connectivity index (χ0v) is 5.83. The molecule has 3 heteroatoms. The molecule has 0 aromatic heterocycles. The number of aliphatic hydroxyl groups excluding tert-OH is 2. The molecule has 0 amide bonds. The summed E-state index contributed by atoms with van der Waals surface area (Å²) in [7, 11) is 5.70. The highest BCUT2D eigenvalue weighted by Gasteiger charge is 2.64. The lowest BCUT2D eigenvalue weighted by Gasteiger charge is -2.14. The first-order valence-corrected chi connectivity index (χ1v) is 3.75. The molecular formula is C7H11BO2. The van der Waals surface area contributed by atoms with E-state index in [0.29, 0.717) is 12.3 Å². The van der Waals surface area contributed by atoms with Crippen LogP contribution in [0.25, 0.3) is 0 Å². The van der Waals surface area contributed by atoms with E-state index in [9.17, 15) is 5.11 Å². The van der Waals surface area contributed by atoms with Crippen molar-refractivity contribution in [3.8, 4) is 0 Å². The number of rotatable bonds is 1. The van der Waals surface area contributed by atoms with Crippen LogP contribution < -0.4 is 0 Å². The summed E-state index contributed by atoms with van der Waals surface area (Å²) >= 11 is 0. The molecule has 2 radical (unpaired) electrons. The largest absolute Gasteiger partial charge is 0.396 e. The molecule has 0 heterocycles. The molecule has 2 fully saturated rings. The Morgan fingerprint density at radius 1 is 1.60 bits per heavy atom. The maximum absolute atomic E-state index is 9.42. The molecular weight excluding hydrogens is 127 g/mol. The lowest BCUT2D eigenvalue weighted by molar-refractivity contribution is 0.0612. The molecule has 10 heavy (non-hydrogen) atoms. The van der Waals surface area contributed by atoms with E-state index in [1.165, 1.54) is 0 Å². The van der Waals surface area contributed by atoms with E-state index in [0.717, 1.165) is 6.42 Å². The second kappa shape index (κ2) is 1.77. The summed E-state index contributed by atoms with van der Waals surface area (Å²) in [5.74, 6) is 0.523. The Balaban J connectivity index is 2.16. The van der Waals surface area contributed by atoms with Crippen LogP contribution in [0.4, 0.5) is 0 Å². The van der Waals surface area contributed by atoms with Gasteiger partial charge >= 0.3 is 0 Å². The number of aliphatic hydroxyl groups is 2. The summed E-state index contributed by atoms with van der Waals surface area (Å²) in [6.45, 7) is 0.104. The fraction of sp³-hybridized carbons (Fsp3) is 1.00. The zero-order chi connectivity index (χ0) is 7.35. The minimum Gasteiger partial charge on any atom is -0.396 e. The van der Waals surface area contributed by atoms with Gasteiger partial charge in [-0.05, 0) is 18.8 Å². The molecule has 2 aliphatic carbocycles. The van der Waals surface area contributed by atoms with Crippen LogP contribution in [-0.2, 0) is 0 Å². The fourth-order valence-electron chi connectivity index (χ4n) is 2.26. The van der Waals surface area contributed by atoms with Gasteiger partial charge in [-0.15, -0.1) is 0 Å². The second-order valence-electron chi connectivity index (χ2n) is 3.62. The van der Waals surface area contributed by atoms with Crippen LogP contribution in [-0.4, -0.2) is 30.8 Å². The maximum Gasteiger partial charge on any atom is 0.0704 e. The van der Waals surface area contributed by atoms with Gasteiger partial charge in [0.2, 0.25) is 0 Å². The van der Waals surface area contributed by atoms with Crippen molar-refractivity contribution in [1.82, 2.24) is 0 Å². The van der Waals surface area contributed by atoms with Crippen LogP contribution >= 0.6 is 0 Å². The molecule has 1 unspecified atom stereocenters. The summed E-state index contributed by atoms with van der Waals surface area (Å²) in [5, 5.41) is 18.4. The minimum atomic E-state index is -0.350. The monoisotopic (exact) mass is 138 g/mol. The lowest BCUT2D eigenvalue weighted by atomic mass is 9.83. The number of fused-ring (bicyclic) bond motifs is 1. The van der Waals surface area contributed by atoms with Crippen molar-refractivity contribution in [2.24, 2.45) is 11.3 Å². The van der Waals surface area contributed by atoms with Crippen molar-refractivity contribution < 1.29 is 10.2 Å². The Bertz CT molecular complexity index is 158. The Morgan fingerprint density at radius 2 is 2.30 bits per heavy atom. The van der Waals surface area contributed by atoms with E-state index in [1.807, 2.05) is 0 Å². The van der Waals surface area contributed by atoms with Gasteiger partial charge in [-0.1, -0.05) is 5.82 Å². The van der Waals surface area contributed by atoms with Gasteiger partial charge in [-0.2, -0.15) is 0 Å². The molecule has 2 N–H and O–H groups in total. The first kappa shape index (κ1) is 6.68. The zero-order valence-electron chi connectivity index (χ0n) is 5.83. The third kappa shape index (κ3) is 0.577. The van der Waals surface area contributed by atoms with Crippen molar-refractivity contribution >= 4 is 7.85 Å². The van der Waals surface area contributed by atoms with Crippen molar-refractivity contribution in [1.29, 1.82) is 0 Å². The molecule has 0 spiro atoms. The summed E-state index contributed by atoms with van der Waals surface area (Å²) in [6, 6.07) is 0. The average molecular weight is 138 g/mol. The third-order valence-electron chi connectivity index (χ3n) is 3.15. The molecule has 0 aliphatic heterocycles. The van der Waals surface area contributed by atoms with Gasteiger partial charge in [0.25, 0.3) is 0 Å². The fourth-order valence-corrected chi connectivity index (χ4v) is 2.26. The summed E-state index contributed by atoms with van der Waals surface area (Å²) < 4.78 is 0. The van der Waals surface area contributed by atoms with Gasteiger partial charge in [-0.3, -0.25) is 0 Å². The van der Waals surface area contributed by atoms with Gasteiger partial charge in [-0.25, -0.2) is 0 Å². The van der Waals surface area contributed by atoms with E-state index in [1.54, 1.807) is 0 Å². The highest BCUT2D eigenvalue weighted by Crippen LogP contribution is 2.67. The molecule has 0 aromatic rings. The van der Waals surface area contributed by atoms with Crippen LogP contribution in [0.3, 0.4) is 0 Å². The van der Waals surface area contributed by atoms with Gasteiger partial charge in [0.15, 0.2) is 0 Å². The molecule has 2 saturated carbocycles. The molecule has 2 rings (SSSR count). The van der Waals surface area contributed by atoms with E-state index in [2.05, 4.69) is 0 Å². The van der Waals surface area contributed by atoms with Gasteiger partial charge in [0.1, 0.15) is 0 Å². The third-order valence-corrected chi connectivity index (χ3v) is 3.15. The Labute approximate surface area is 61.7 Å². The highest BCUT2D eigenvalue weighted by atomic mass is 16.3. The van der Waals surface area contributed by atoms with E-state index < -0.39 is 0 Å². The van der Waals surface area contributed by atoms with Crippen LogP contribution in [0, 0.1) is 11.3 Å². The van der Waals surface area contributed by atoms with Crippen LogP contribution in [0.1, 0.15) is 12.8 Å². The van der Waals surface area contributed by atoms with Crippen molar-refractivity contribution in [3.63, 3.8) is 0 Å². The Kier molecular flexibility index (Phi) is 1.18. The van der Waals surface area contributed by atoms with Crippen LogP contribution in [0.2, 0.25) is 5.82 Å². The predicted octanol–water partition coefficient (Wildman–Crippen LogP) is -0.293. The summed E-state index contributed by atoms with van der Waals surface area (Å²) in [5.41, 5.74) is -0.181. The lowest BCUT2D eigenvalue weighted by Crippen LogP contribution is -2.22. The molecule has 2 nitrogen and oxygen atoms in total. The molecule has 0 bridgehead atoms. The smallest absolute Gasteiger partial charge is 0.0704 e. The molecule has 54 valence electrons. The van der Waals surface area contributed by atoms with E-state index in [-0.39, 0.29) is 23.9 Å². The number of hydrogen-bond donors (Lipinski definition) is 2. The summed E-state index contributed by atoms with van der Waals surface area (Å²) in [4.78, 5) is 0. The molecule has 0 aromatic carbocycles. The highest BCUT2D eigenvalue weighted by molar-refractivity contribution is 6.12. The SMILES string of the molecule is [B][C@H]1C[C@H](O)C2(CO)C[C@H]12. The predicted molar refractivity (Wildman–Crippen MR) is 37.8 cm³/mol.